The van der Waals surface area contributed by atoms with Crippen molar-refractivity contribution in [3.05, 3.63) is 102 Å². The number of pyridine rings is 1. The minimum absolute atomic E-state index is 0.0338. The van der Waals surface area contributed by atoms with E-state index in [-0.39, 0.29) is 11.7 Å². The number of para-hydroxylation sites is 1. The van der Waals surface area contributed by atoms with E-state index in [4.69, 9.17) is 9.47 Å². The van der Waals surface area contributed by atoms with Gasteiger partial charge >= 0.3 is 5.97 Å². The summed E-state index contributed by atoms with van der Waals surface area (Å²) in [6.45, 7) is 3.81. The van der Waals surface area contributed by atoms with Crippen molar-refractivity contribution in [3.63, 3.8) is 0 Å². The van der Waals surface area contributed by atoms with Crippen LogP contribution >= 0.6 is 0 Å². The number of aromatic nitrogens is 2. The van der Waals surface area contributed by atoms with Gasteiger partial charge in [-0.1, -0.05) is 18.2 Å². The fourth-order valence-corrected chi connectivity index (χ4v) is 4.05. The van der Waals surface area contributed by atoms with Crippen LogP contribution in [0.15, 0.2) is 85.5 Å². The third-order valence-electron chi connectivity index (χ3n) is 5.78. The second-order valence-corrected chi connectivity index (χ2v) is 8.34. The van der Waals surface area contributed by atoms with Crippen molar-refractivity contribution in [1.29, 1.82) is 0 Å². The van der Waals surface area contributed by atoms with Crippen molar-refractivity contribution in [2.45, 2.75) is 19.6 Å². The standard InChI is InChI=1S/C27H25N3O4/c1-19-13-22(15-28-14-19)33-18-20-7-9-21(10-8-20)34-23-16-30(17-23)25-6-4-5-24(27(31)32)26(25)29-11-2-3-12-29/h2-15,23H,16-18H2,1H3,(H,31,32). The molecule has 1 N–H and O–H groups in total. The monoisotopic (exact) mass is 455 g/mol. The first-order valence-corrected chi connectivity index (χ1v) is 11.1. The first-order valence-electron chi connectivity index (χ1n) is 11.1. The zero-order valence-electron chi connectivity index (χ0n) is 18.8. The number of carboxylic acids is 1. The van der Waals surface area contributed by atoms with Gasteiger partial charge in [0, 0.05) is 18.6 Å². The average molecular weight is 456 g/mol. The lowest BCUT2D eigenvalue weighted by molar-refractivity contribution is 0.0697. The number of benzene rings is 2. The van der Waals surface area contributed by atoms with Crippen molar-refractivity contribution in [2.24, 2.45) is 0 Å². The molecule has 1 aliphatic heterocycles. The zero-order chi connectivity index (χ0) is 23.5. The number of carboxylic acid groups (broad SMARTS) is 1. The number of anilines is 1. The van der Waals surface area contributed by atoms with Gasteiger partial charge in [-0.3, -0.25) is 4.98 Å². The van der Waals surface area contributed by atoms with Crippen molar-refractivity contribution in [2.75, 3.05) is 18.0 Å². The predicted octanol–water partition coefficient (Wildman–Crippen LogP) is 4.73. The van der Waals surface area contributed by atoms with Crippen LogP contribution < -0.4 is 14.4 Å². The predicted molar refractivity (Wildman–Crippen MR) is 129 cm³/mol. The molecule has 1 fully saturated rings. The topological polar surface area (TPSA) is 76.8 Å². The van der Waals surface area contributed by atoms with Crippen LogP contribution in [0.3, 0.4) is 0 Å². The van der Waals surface area contributed by atoms with Crippen LogP contribution in [0.1, 0.15) is 21.5 Å². The van der Waals surface area contributed by atoms with E-state index in [0.29, 0.717) is 25.4 Å². The second kappa shape index (κ2) is 9.31. The lowest BCUT2D eigenvalue weighted by atomic mass is 10.1. The molecule has 0 amide bonds. The van der Waals surface area contributed by atoms with Gasteiger partial charge in [0.2, 0.25) is 0 Å². The number of hydrogen-bond donors (Lipinski definition) is 1. The number of aromatic carboxylic acids is 1. The molecule has 1 aliphatic rings. The van der Waals surface area contributed by atoms with E-state index in [9.17, 15) is 9.90 Å². The van der Waals surface area contributed by atoms with Crippen LogP contribution in [0.25, 0.3) is 5.69 Å². The minimum Gasteiger partial charge on any atom is -0.487 e. The fraction of sp³-hybridized carbons (Fsp3) is 0.185. The smallest absolute Gasteiger partial charge is 0.337 e. The molecule has 0 bridgehead atoms. The summed E-state index contributed by atoms with van der Waals surface area (Å²) in [6.07, 6.45) is 7.26. The number of ether oxygens (including phenoxy) is 2. The van der Waals surface area contributed by atoms with E-state index in [1.165, 1.54) is 0 Å². The van der Waals surface area contributed by atoms with Gasteiger partial charge in [-0.2, -0.15) is 0 Å². The molecule has 0 saturated carbocycles. The Hall–Kier alpha value is -4.26. The van der Waals surface area contributed by atoms with Gasteiger partial charge in [0.25, 0.3) is 0 Å². The first-order chi connectivity index (χ1) is 16.6. The number of aryl methyl sites for hydroxylation is 1. The van der Waals surface area contributed by atoms with E-state index in [1.807, 2.05) is 72.4 Å². The third-order valence-corrected chi connectivity index (χ3v) is 5.78. The van der Waals surface area contributed by atoms with E-state index in [2.05, 4.69) is 9.88 Å². The Morgan fingerprint density at radius 2 is 1.79 bits per heavy atom. The Balaban J connectivity index is 1.20. The zero-order valence-corrected chi connectivity index (χ0v) is 18.8. The van der Waals surface area contributed by atoms with Crippen molar-refractivity contribution in [3.8, 4) is 17.2 Å². The van der Waals surface area contributed by atoms with Gasteiger partial charge in [-0.05, 0) is 60.5 Å². The van der Waals surface area contributed by atoms with E-state index < -0.39 is 5.97 Å². The summed E-state index contributed by atoms with van der Waals surface area (Å²) >= 11 is 0. The van der Waals surface area contributed by atoms with Gasteiger partial charge < -0.3 is 24.0 Å². The van der Waals surface area contributed by atoms with Gasteiger partial charge in [-0.25, -0.2) is 4.79 Å². The van der Waals surface area contributed by atoms with Crippen molar-refractivity contribution >= 4 is 11.7 Å². The largest absolute Gasteiger partial charge is 0.487 e. The fourth-order valence-electron chi connectivity index (χ4n) is 4.05. The summed E-state index contributed by atoms with van der Waals surface area (Å²) in [5, 5.41) is 9.68. The van der Waals surface area contributed by atoms with Crippen LogP contribution in [0.5, 0.6) is 11.5 Å². The molecule has 0 aliphatic carbocycles. The van der Waals surface area contributed by atoms with Crippen LogP contribution in [0.4, 0.5) is 5.69 Å². The first kappa shape index (κ1) is 21.6. The number of carbonyl (C=O) groups is 1. The van der Waals surface area contributed by atoms with E-state index >= 15 is 0 Å². The van der Waals surface area contributed by atoms with Gasteiger partial charge in [0.15, 0.2) is 0 Å². The Morgan fingerprint density at radius 3 is 2.50 bits per heavy atom. The summed E-state index contributed by atoms with van der Waals surface area (Å²) in [5.74, 6) is 0.610. The maximum Gasteiger partial charge on any atom is 0.337 e. The molecule has 0 radical (unpaired) electrons. The van der Waals surface area contributed by atoms with Crippen LogP contribution in [0, 0.1) is 6.92 Å². The molecule has 7 nitrogen and oxygen atoms in total. The van der Waals surface area contributed by atoms with Gasteiger partial charge in [-0.15, -0.1) is 0 Å². The molecule has 1 saturated heterocycles. The quantitative estimate of drug-likeness (QED) is 0.414. The van der Waals surface area contributed by atoms with Crippen LogP contribution in [0.2, 0.25) is 0 Å². The Kier molecular flexibility index (Phi) is 5.91. The normalized spacial score (nSPS) is 13.4. The van der Waals surface area contributed by atoms with Crippen LogP contribution in [-0.2, 0) is 6.61 Å². The lowest BCUT2D eigenvalue weighted by Crippen LogP contribution is -2.54. The highest BCUT2D eigenvalue weighted by Gasteiger charge is 2.31. The molecular formula is C27H25N3O4. The summed E-state index contributed by atoms with van der Waals surface area (Å²) in [6, 6.07) is 19.0. The van der Waals surface area contributed by atoms with Crippen molar-refractivity contribution in [1.82, 2.24) is 9.55 Å². The highest BCUT2D eigenvalue weighted by molar-refractivity contribution is 5.95. The summed E-state index contributed by atoms with van der Waals surface area (Å²) in [5.41, 5.74) is 3.94. The molecule has 0 atom stereocenters. The Morgan fingerprint density at radius 1 is 1.03 bits per heavy atom. The molecule has 2 aromatic carbocycles. The molecular weight excluding hydrogens is 430 g/mol. The highest BCUT2D eigenvalue weighted by Crippen LogP contribution is 2.32. The summed E-state index contributed by atoms with van der Waals surface area (Å²) < 4.78 is 13.8. The molecule has 0 spiro atoms. The van der Waals surface area contributed by atoms with E-state index in [0.717, 1.165) is 28.3 Å². The second-order valence-electron chi connectivity index (χ2n) is 8.34. The van der Waals surface area contributed by atoms with Crippen LogP contribution in [-0.4, -0.2) is 39.8 Å². The SMILES string of the molecule is Cc1cncc(OCc2ccc(OC3CN(c4cccc(C(=O)O)c4-n4cccc4)C3)cc2)c1. The lowest BCUT2D eigenvalue weighted by Gasteiger charge is -2.41. The maximum absolute atomic E-state index is 11.8. The Bertz CT molecular complexity index is 1280. The molecule has 5 rings (SSSR count). The molecule has 172 valence electrons. The molecule has 4 aromatic rings. The molecule has 3 heterocycles. The average Bonchev–Trinajstić information content (AvgIpc) is 3.35. The Labute approximate surface area is 197 Å². The van der Waals surface area contributed by atoms with Crippen molar-refractivity contribution < 1.29 is 19.4 Å². The number of hydrogen-bond acceptors (Lipinski definition) is 5. The highest BCUT2D eigenvalue weighted by atomic mass is 16.5. The number of nitrogens with zero attached hydrogens (tertiary/aromatic N) is 3. The summed E-state index contributed by atoms with van der Waals surface area (Å²) in [4.78, 5) is 18.1. The molecule has 0 unspecified atom stereocenters. The number of rotatable bonds is 8. The minimum atomic E-state index is -0.943. The summed E-state index contributed by atoms with van der Waals surface area (Å²) in [7, 11) is 0. The van der Waals surface area contributed by atoms with Gasteiger partial charge in [0.1, 0.15) is 24.2 Å². The molecule has 34 heavy (non-hydrogen) atoms. The molecule has 2 aromatic heterocycles. The van der Waals surface area contributed by atoms with E-state index in [1.54, 1.807) is 24.5 Å². The maximum atomic E-state index is 11.8. The molecule has 7 heteroatoms. The van der Waals surface area contributed by atoms with Gasteiger partial charge in [0.05, 0.1) is 36.2 Å². The third kappa shape index (κ3) is 4.59.